The van der Waals surface area contributed by atoms with Gasteiger partial charge in [-0.3, -0.25) is 19.2 Å². The van der Waals surface area contributed by atoms with E-state index in [1.165, 1.54) is 6.07 Å². The topological polar surface area (TPSA) is 130 Å². The van der Waals surface area contributed by atoms with Crippen LogP contribution in [0.5, 0.6) is 0 Å². The van der Waals surface area contributed by atoms with E-state index < -0.39 is 36.4 Å². The summed E-state index contributed by atoms with van der Waals surface area (Å²) in [5, 5.41) is 17.1. The highest BCUT2D eigenvalue weighted by Crippen LogP contribution is 2.20. The Morgan fingerprint density at radius 2 is 1.70 bits per heavy atom. The van der Waals surface area contributed by atoms with E-state index in [2.05, 4.69) is 15.7 Å². The van der Waals surface area contributed by atoms with Gasteiger partial charge in [0, 0.05) is 16.5 Å². The minimum absolute atomic E-state index is 0.359. The smallest absolute Gasteiger partial charge is 0.322 e. The van der Waals surface area contributed by atoms with Crippen LogP contribution in [0.1, 0.15) is 0 Å². The molecule has 0 atom stereocenters. The number of aliphatic carboxylic acids is 1. The van der Waals surface area contributed by atoms with Crippen molar-refractivity contribution in [3.63, 3.8) is 0 Å². The van der Waals surface area contributed by atoms with Gasteiger partial charge in [0.15, 0.2) is 0 Å². The molecule has 10 heteroatoms. The van der Waals surface area contributed by atoms with E-state index in [0.717, 1.165) is 15.1 Å². The number of nitrogens with zero attached hydrogens (tertiary/aromatic N) is 2. The van der Waals surface area contributed by atoms with Crippen molar-refractivity contribution in [1.82, 2.24) is 20.4 Å². The van der Waals surface area contributed by atoms with Gasteiger partial charge < -0.3 is 15.7 Å². The molecule has 27 heavy (non-hydrogen) atoms. The van der Waals surface area contributed by atoms with Crippen LogP contribution in [0.15, 0.2) is 46.1 Å². The number of aromatic nitrogens is 2. The van der Waals surface area contributed by atoms with Gasteiger partial charge in [0.2, 0.25) is 11.8 Å². The van der Waals surface area contributed by atoms with Crippen molar-refractivity contribution in [2.45, 2.75) is 11.4 Å². The van der Waals surface area contributed by atoms with Crippen LogP contribution in [0.4, 0.5) is 0 Å². The molecule has 0 aliphatic heterocycles. The highest BCUT2D eigenvalue weighted by atomic mass is 32.2. The van der Waals surface area contributed by atoms with Crippen molar-refractivity contribution >= 4 is 29.5 Å². The van der Waals surface area contributed by atoms with Gasteiger partial charge in [0.1, 0.15) is 13.1 Å². The third-order valence-electron chi connectivity index (χ3n) is 3.43. The number of carboxylic acids is 1. The summed E-state index contributed by atoms with van der Waals surface area (Å²) in [7, 11) is 0. The predicted molar refractivity (Wildman–Crippen MR) is 99.4 cm³/mol. The standard InChI is InChI=1S/C17H18N4O5S/c1-27-12-4-2-11(3-5-12)13-6-7-16(24)21(20-13)10-15(23)18-8-14(22)19-9-17(25)26/h2-7H,8-10H2,1H3,(H,18,23)(H,19,22)(H,25,26). The molecule has 0 bridgehead atoms. The minimum atomic E-state index is -1.19. The number of carbonyl (C=O) groups is 3. The van der Waals surface area contributed by atoms with Gasteiger partial charge in [-0.05, 0) is 24.5 Å². The van der Waals surface area contributed by atoms with Gasteiger partial charge in [0.25, 0.3) is 5.56 Å². The average molecular weight is 390 g/mol. The first kappa shape index (κ1) is 20.2. The summed E-state index contributed by atoms with van der Waals surface area (Å²) in [6.07, 6.45) is 1.97. The predicted octanol–water partition coefficient (Wildman–Crippen LogP) is -0.0508. The fourth-order valence-corrected chi connectivity index (χ4v) is 2.49. The van der Waals surface area contributed by atoms with Crippen LogP contribution < -0.4 is 16.2 Å². The van der Waals surface area contributed by atoms with Crippen molar-refractivity contribution in [3.05, 3.63) is 46.8 Å². The Hall–Kier alpha value is -3.14. The molecule has 9 nitrogen and oxygen atoms in total. The molecule has 2 aromatic rings. The first-order valence-electron chi connectivity index (χ1n) is 7.87. The molecule has 1 aromatic carbocycles. The molecule has 0 saturated heterocycles. The van der Waals surface area contributed by atoms with Crippen molar-refractivity contribution in [3.8, 4) is 11.3 Å². The van der Waals surface area contributed by atoms with Crippen LogP contribution in [-0.2, 0) is 20.9 Å². The van der Waals surface area contributed by atoms with E-state index in [1.54, 1.807) is 17.8 Å². The van der Waals surface area contributed by atoms with E-state index in [1.807, 2.05) is 30.5 Å². The fourth-order valence-electron chi connectivity index (χ4n) is 2.09. The lowest BCUT2D eigenvalue weighted by Crippen LogP contribution is -2.41. The molecule has 0 aliphatic rings. The molecule has 1 aromatic heterocycles. The summed E-state index contributed by atoms with van der Waals surface area (Å²) >= 11 is 1.61. The lowest BCUT2D eigenvalue weighted by atomic mass is 10.1. The maximum atomic E-state index is 11.9. The Morgan fingerprint density at radius 1 is 1.04 bits per heavy atom. The summed E-state index contributed by atoms with van der Waals surface area (Å²) in [5.41, 5.74) is 0.884. The fraction of sp³-hybridized carbons (Fsp3) is 0.235. The molecule has 1 heterocycles. The first-order valence-corrected chi connectivity index (χ1v) is 9.09. The van der Waals surface area contributed by atoms with Crippen LogP contribution in [0, 0.1) is 0 Å². The zero-order valence-electron chi connectivity index (χ0n) is 14.5. The van der Waals surface area contributed by atoms with E-state index in [4.69, 9.17) is 5.11 Å². The molecule has 0 spiro atoms. The third kappa shape index (κ3) is 6.26. The van der Waals surface area contributed by atoms with Crippen LogP contribution >= 0.6 is 11.8 Å². The number of benzene rings is 1. The third-order valence-corrected chi connectivity index (χ3v) is 4.17. The molecular weight excluding hydrogens is 372 g/mol. The summed E-state index contributed by atoms with van der Waals surface area (Å²) in [4.78, 5) is 46.7. The van der Waals surface area contributed by atoms with Gasteiger partial charge in [-0.2, -0.15) is 5.10 Å². The number of nitrogens with one attached hydrogen (secondary N) is 2. The Balaban J connectivity index is 2.01. The molecule has 2 amide bonds. The molecule has 0 aliphatic carbocycles. The number of rotatable bonds is 8. The SMILES string of the molecule is CSc1ccc(-c2ccc(=O)n(CC(=O)NCC(=O)NCC(=O)O)n2)cc1. The number of carbonyl (C=O) groups excluding carboxylic acids is 2. The zero-order chi connectivity index (χ0) is 19.8. The molecule has 3 N–H and O–H groups in total. The molecule has 0 radical (unpaired) electrons. The normalized spacial score (nSPS) is 10.3. The second-order valence-corrected chi connectivity index (χ2v) is 6.27. The summed E-state index contributed by atoms with van der Waals surface area (Å²) in [5.74, 6) is -2.42. The van der Waals surface area contributed by atoms with E-state index in [-0.39, 0.29) is 6.54 Å². The van der Waals surface area contributed by atoms with Gasteiger partial charge in [-0.1, -0.05) is 12.1 Å². The number of amides is 2. The quantitative estimate of drug-likeness (QED) is 0.539. The van der Waals surface area contributed by atoms with E-state index in [9.17, 15) is 19.2 Å². The zero-order valence-corrected chi connectivity index (χ0v) is 15.3. The lowest BCUT2D eigenvalue weighted by Gasteiger charge is -2.08. The largest absolute Gasteiger partial charge is 0.480 e. The second kappa shape index (κ2) is 9.53. The lowest BCUT2D eigenvalue weighted by molar-refractivity contribution is -0.137. The van der Waals surface area contributed by atoms with Crippen LogP contribution in [0.3, 0.4) is 0 Å². The van der Waals surface area contributed by atoms with E-state index in [0.29, 0.717) is 5.69 Å². The van der Waals surface area contributed by atoms with Crippen molar-refractivity contribution in [2.24, 2.45) is 0 Å². The van der Waals surface area contributed by atoms with Crippen LogP contribution in [0.2, 0.25) is 0 Å². The number of thioether (sulfide) groups is 1. The summed E-state index contributed by atoms with van der Waals surface area (Å²) in [6.45, 7) is -1.29. The Labute approximate surface area is 158 Å². The van der Waals surface area contributed by atoms with Crippen LogP contribution in [0.25, 0.3) is 11.3 Å². The molecule has 0 fully saturated rings. The van der Waals surface area contributed by atoms with Gasteiger partial charge >= 0.3 is 5.97 Å². The molecular formula is C17H18N4O5S. The Kier molecular flexibility index (Phi) is 7.12. The van der Waals surface area contributed by atoms with Gasteiger partial charge in [-0.15, -0.1) is 11.8 Å². The molecule has 0 unspecified atom stereocenters. The maximum absolute atomic E-state index is 11.9. The number of hydrogen-bond donors (Lipinski definition) is 3. The highest BCUT2D eigenvalue weighted by Gasteiger charge is 2.10. The summed E-state index contributed by atoms with van der Waals surface area (Å²) < 4.78 is 1.00. The van der Waals surface area contributed by atoms with Crippen molar-refractivity contribution in [2.75, 3.05) is 19.3 Å². The Morgan fingerprint density at radius 3 is 2.33 bits per heavy atom. The highest BCUT2D eigenvalue weighted by molar-refractivity contribution is 7.98. The number of hydrogen-bond acceptors (Lipinski definition) is 6. The monoisotopic (exact) mass is 390 g/mol. The van der Waals surface area contributed by atoms with Crippen molar-refractivity contribution in [1.29, 1.82) is 0 Å². The Bertz CT molecular complexity index is 895. The van der Waals surface area contributed by atoms with Gasteiger partial charge in [0.05, 0.1) is 12.2 Å². The summed E-state index contributed by atoms with van der Waals surface area (Å²) in [6, 6.07) is 10.5. The van der Waals surface area contributed by atoms with Crippen molar-refractivity contribution < 1.29 is 19.5 Å². The maximum Gasteiger partial charge on any atom is 0.322 e. The average Bonchev–Trinajstić information content (AvgIpc) is 2.66. The van der Waals surface area contributed by atoms with E-state index >= 15 is 0 Å². The van der Waals surface area contributed by atoms with Gasteiger partial charge in [-0.25, -0.2) is 4.68 Å². The second-order valence-electron chi connectivity index (χ2n) is 5.39. The van der Waals surface area contributed by atoms with Crippen LogP contribution in [-0.4, -0.2) is 52.0 Å². The molecule has 2 rings (SSSR count). The molecule has 142 valence electrons. The minimum Gasteiger partial charge on any atom is -0.480 e. The molecule has 0 saturated carbocycles. The first-order chi connectivity index (χ1) is 12.9. The number of carboxylic acid groups (broad SMARTS) is 1.